The molecule has 1 N–H and O–H groups in total. The van der Waals surface area contributed by atoms with Crippen molar-refractivity contribution in [3.05, 3.63) is 76.5 Å². The molecule has 0 atom stereocenters. The van der Waals surface area contributed by atoms with E-state index >= 15 is 0 Å². The number of halogens is 3. The fraction of sp³-hybridized carbons (Fsp3) is 0.111. The lowest BCUT2D eigenvalue weighted by Crippen LogP contribution is -2.22. The van der Waals surface area contributed by atoms with Crippen molar-refractivity contribution in [2.75, 3.05) is 0 Å². The number of benzene rings is 2. The third kappa shape index (κ3) is 4.66. The van der Waals surface area contributed by atoms with Gasteiger partial charge in [-0.3, -0.25) is 4.79 Å². The molecule has 0 bridgehead atoms. The highest BCUT2D eigenvalue weighted by atomic mass is 79.9. The molecule has 0 radical (unpaired) electrons. The van der Waals surface area contributed by atoms with Gasteiger partial charge in [0.2, 0.25) is 0 Å². The Morgan fingerprint density at radius 2 is 2.00 bits per heavy atom. The summed E-state index contributed by atoms with van der Waals surface area (Å²) in [5.74, 6) is -0.261. The monoisotopic (exact) mass is 421 g/mol. The first-order chi connectivity index (χ1) is 12.5. The predicted octanol–water partition coefficient (Wildman–Crippen LogP) is 4.17. The van der Waals surface area contributed by atoms with Gasteiger partial charge in [0.1, 0.15) is 5.75 Å². The highest BCUT2D eigenvalue weighted by Gasteiger charge is 2.10. The summed E-state index contributed by atoms with van der Waals surface area (Å²) in [4.78, 5) is 12.3. The summed E-state index contributed by atoms with van der Waals surface area (Å²) in [6.45, 7) is -2.70. The summed E-state index contributed by atoms with van der Waals surface area (Å²) >= 11 is 3.36. The standard InChI is InChI=1S/C18H14BrF2N3O2/c19-14-4-6-15(7-5-14)24-11-13(10-23-24)17(25)22-9-12-2-1-3-16(8-12)26-18(20)21/h1-8,10-11,18H,9H2,(H,22,25). The second-order valence-electron chi connectivity index (χ2n) is 5.36. The van der Waals surface area contributed by atoms with Gasteiger partial charge in [0, 0.05) is 17.2 Å². The number of nitrogens with zero attached hydrogens (tertiary/aromatic N) is 2. The lowest BCUT2D eigenvalue weighted by atomic mass is 10.2. The van der Waals surface area contributed by atoms with Crippen molar-refractivity contribution in [2.45, 2.75) is 13.2 Å². The molecule has 0 spiro atoms. The number of hydrogen-bond donors (Lipinski definition) is 1. The molecule has 0 aliphatic heterocycles. The molecule has 134 valence electrons. The van der Waals surface area contributed by atoms with Crippen LogP contribution < -0.4 is 10.1 Å². The molecular formula is C18H14BrF2N3O2. The SMILES string of the molecule is O=C(NCc1cccc(OC(F)F)c1)c1cnn(-c2ccc(Br)cc2)c1. The van der Waals surface area contributed by atoms with Crippen LogP contribution in [0.4, 0.5) is 8.78 Å². The zero-order valence-electron chi connectivity index (χ0n) is 13.4. The molecule has 3 aromatic rings. The lowest BCUT2D eigenvalue weighted by molar-refractivity contribution is -0.0498. The number of amides is 1. The van der Waals surface area contributed by atoms with Gasteiger partial charge in [0.25, 0.3) is 5.91 Å². The molecule has 5 nitrogen and oxygen atoms in total. The second-order valence-corrected chi connectivity index (χ2v) is 6.27. The molecular weight excluding hydrogens is 408 g/mol. The highest BCUT2D eigenvalue weighted by molar-refractivity contribution is 9.10. The van der Waals surface area contributed by atoms with E-state index in [0.717, 1.165) is 10.2 Å². The van der Waals surface area contributed by atoms with E-state index in [1.165, 1.54) is 18.3 Å². The third-order valence-corrected chi connectivity index (χ3v) is 4.04. The fourth-order valence-electron chi connectivity index (χ4n) is 2.29. The molecule has 0 saturated carbocycles. The minimum Gasteiger partial charge on any atom is -0.435 e. The molecule has 0 aliphatic carbocycles. The van der Waals surface area contributed by atoms with Crippen molar-refractivity contribution in [3.8, 4) is 11.4 Å². The Kier molecular flexibility index (Phi) is 5.62. The maximum Gasteiger partial charge on any atom is 0.387 e. The van der Waals surface area contributed by atoms with Crippen LogP contribution in [0.3, 0.4) is 0 Å². The van der Waals surface area contributed by atoms with Gasteiger partial charge >= 0.3 is 6.61 Å². The van der Waals surface area contributed by atoms with Gasteiger partial charge < -0.3 is 10.1 Å². The maximum absolute atomic E-state index is 12.3. The Bertz CT molecular complexity index is 897. The van der Waals surface area contributed by atoms with Crippen LogP contribution in [0.25, 0.3) is 5.69 Å². The topological polar surface area (TPSA) is 56.1 Å². The van der Waals surface area contributed by atoms with E-state index in [4.69, 9.17) is 0 Å². The second kappa shape index (κ2) is 8.09. The summed E-state index contributed by atoms with van der Waals surface area (Å²) in [5, 5.41) is 6.90. The molecule has 1 amide bonds. The lowest BCUT2D eigenvalue weighted by Gasteiger charge is -2.07. The number of carbonyl (C=O) groups is 1. The first-order valence-electron chi connectivity index (χ1n) is 7.64. The number of aromatic nitrogens is 2. The Morgan fingerprint density at radius 3 is 2.73 bits per heavy atom. The number of hydrogen-bond acceptors (Lipinski definition) is 3. The van der Waals surface area contributed by atoms with E-state index in [1.54, 1.807) is 23.0 Å². The van der Waals surface area contributed by atoms with Crippen LogP contribution in [0, 0.1) is 0 Å². The van der Waals surface area contributed by atoms with Crippen LogP contribution in [-0.2, 0) is 6.54 Å². The third-order valence-electron chi connectivity index (χ3n) is 3.51. The first-order valence-corrected chi connectivity index (χ1v) is 8.43. The van der Waals surface area contributed by atoms with E-state index in [0.29, 0.717) is 11.1 Å². The molecule has 26 heavy (non-hydrogen) atoms. The zero-order valence-corrected chi connectivity index (χ0v) is 15.0. The quantitative estimate of drug-likeness (QED) is 0.649. The molecule has 2 aromatic carbocycles. The van der Waals surface area contributed by atoms with Gasteiger partial charge in [-0.1, -0.05) is 28.1 Å². The highest BCUT2D eigenvalue weighted by Crippen LogP contribution is 2.16. The number of carbonyl (C=O) groups excluding carboxylic acids is 1. The van der Waals surface area contributed by atoms with Crippen LogP contribution in [-0.4, -0.2) is 22.3 Å². The van der Waals surface area contributed by atoms with Crippen molar-refractivity contribution in [1.29, 1.82) is 0 Å². The number of alkyl halides is 2. The van der Waals surface area contributed by atoms with E-state index in [1.807, 2.05) is 24.3 Å². The first kappa shape index (κ1) is 18.1. The molecule has 0 aliphatic rings. The summed E-state index contributed by atoms with van der Waals surface area (Å²) in [6.07, 6.45) is 3.09. The van der Waals surface area contributed by atoms with Crippen molar-refractivity contribution in [2.24, 2.45) is 0 Å². The Hall–Kier alpha value is -2.74. The molecule has 0 saturated heterocycles. The molecule has 1 aromatic heterocycles. The minimum absolute atomic E-state index is 0.0507. The minimum atomic E-state index is -2.88. The summed E-state index contributed by atoms with van der Waals surface area (Å²) < 4.78 is 31.4. The van der Waals surface area contributed by atoms with Crippen LogP contribution in [0.15, 0.2) is 65.4 Å². The molecule has 0 fully saturated rings. The zero-order chi connectivity index (χ0) is 18.5. The van der Waals surface area contributed by atoms with Gasteiger partial charge in [-0.15, -0.1) is 0 Å². The Labute approximate surface area is 156 Å². The van der Waals surface area contributed by atoms with E-state index < -0.39 is 6.61 Å². The molecule has 3 rings (SSSR count). The van der Waals surface area contributed by atoms with Crippen LogP contribution in [0.5, 0.6) is 5.75 Å². The Morgan fingerprint density at radius 1 is 1.23 bits per heavy atom. The summed E-state index contributed by atoms with van der Waals surface area (Å²) in [7, 11) is 0. The molecule has 8 heteroatoms. The fourth-order valence-corrected chi connectivity index (χ4v) is 2.56. The Balaban J connectivity index is 1.63. The van der Waals surface area contributed by atoms with Gasteiger partial charge in [0.05, 0.1) is 17.4 Å². The molecule has 1 heterocycles. The van der Waals surface area contributed by atoms with Crippen LogP contribution in [0.2, 0.25) is 0 Å². The number of rotatable bonds is 6. The normalized spacial score (nSPS) is 10.8. The van der Waals surface area contributed by atoms with E-state index in [2.05, 4.69) is 31.1 Å². The van der Waals surface area contributed by atoms with E-state index in [9.17, 15) is 13.6 Å². The average molecular weight is 422 g/mol. The number of ether oxygens (including phenoxy) is 1. The van der Waals surface area contributed by atoms with Crippen LogP contribution >= 0.6 is 15.9 Å². The van der Waals surface area contributed by atoms with Gasteiger partial charge in [0.15, 0.2) is 0 Å². The van der Waals surface area contributed by atoms with Crippen molar-refractivity contribution >= 4 is 21.8 Å². The van der Waals surface area contributed by atoms with Gasteiger partial charge in [-0.2, -0.15) is 13.9 Å². The number of nitrogens with one attached hydrogen (secondary N) is 1. The van der Waals surface area contributed by atoms with E-state index in [-0.39, 0.29) is 18.2 Å². The van der Waals surface area contributed by atoms with Gasteiger partial charge in [-0.05, 0) is 42.0 Å². The van der Waals surface area contributed by atoms with Crippen molar-refractivity contribution in [3.63, 3.8) is 0 Å². The summed E-state index contributed by atoms with van der Waals surface area (Å²) in [5.41, 5.74) is 1.87. The smallest absolute Gasteiger partial charge is 0.387 e. The largest absolute Gasteiger partial charge is 0.435 e. The summed E-state index contributed by atoms with van der Waals surface area (Å²) in [6, 6.07) is 13.7. The molecule has 0 unspecified atom stereocenters. The van der Waals surface area contributed by atoms with Crippen molar-refractivity contribution in [1.82, 2.24) is 15.1 Å². The average Bonchev–Trinajstić information content (AvgIpc) is 3.10. The predicted molar refractivity (Wildman–Crippen MR) is 95.5 cm³/mol. The van der Waals surface area contributed by atoms with Crippen molar-refractivity contribution < 1.29 is 18.3 Å². The maximum atomic E-state index is 12.3. The van der Waals surface area contributed by atoms with Gasteiger partial charge in [-0.25, -0.2) is 4.68 Å². The van der Waals surface area contributed by atoms with Crippen LogP contribution in [0.1, 0.15) is 15.9 Å².